The summed E-state index contributed by atoms with van der Waals surface area (Å²) in [6.45, 7) is 5.95. The normalized spacial score (nSPS) is 26.1. The Kier molecular flexibility index (Phi) is 3.72. The number of aryl methyl sites for hydroxylation is 1. The molecule has 2 unspecified atom stereocenters. The predicted octanol–water partition coefficient (Wildman–Crippen LogP) is 3.27. The van der Waals surface area contributed by atoms with Gasteiger partial charge in [0.2, 0.25) is 0 Å². The van der Waals surface area contributed by atoms with Crippen molar-refractivity contribution in [1.29, 1.82) is 0 Å². The maximum Gasteiger partial charge on any atom is 0.162 e. The van der Waals surface area contributed by atoms with Crippen molar-refractivity contribution in [2.24, 2.45) is 5.73 Å². The first-order valence-electron chi connectivity index (χ1n) is 6.74. The first-order valence-corrected chi connectivity index (χ1v) is 6.74. The molecule has 0 saturated heterocycles. The van der Waals surface area contributed by atoms with E-state index in [0.717, 1.165) is 5.57 Å². The molecule has 0 radical (unpaired) electrons. The summed E-state index contributed by atoms with van der Waals surface area (Å²) in [6.07, 6.45) is 6.40. The van der Waals surface area contributed by atoms with Crippen LogP contribution in [0.5, 0.6) is 0 Å². The summed E-state index contributed by atoms with van der Waals surface area (Å²) in [4.78, 5) is 11.8. The molecule has 0 aromatic heterocycles. The van der Waals surface area contributed by atoms with Gasteiger partial charge in [0.05, 0.1) is 0 Å². The monoisotopic (exact) mass is 255 g/mol. The van der Waals surface area contributed by atoms with E-state index < -0.39 is 5.54 Å². The number of Topliss-reactive ketones (excluding diaryl/α,β-unsaturated/α-hetero) is 1. The van der Waals surface area contributed by atoms with Crippen molar-refractivity contribution in [3.05, 3.63) is 59.2 Å². The molecular weight excluding hydrogens is 234 g/mol. The van der Waals surface area contributed by atoms with Crippen LogP contribution in [0.3, 0.4) is 0 Å². The molecular formula is C17H21NO. The van der Waals surface area contributed by atoms with Crippen molar-refractivity contribution < 1.29 is 4.79 Å². The number of allylic oxidation sites excluding steroid dienone is 2. The highest BCUT2D eigenvalue weighted by Gasteiger charge is 2.32. The fraction of sp³-hybridized carbons (Fsp3) is 0.353. The fourth-order valence-corrected chi connectivity index (χ4v) is 2.63. The van der Waals surface area contributed by atoms with Gasteiger partial charge in [0.1, 0.15) is 0 Å². The number of hydrogen-bond acceptors (Lipinski definition) is 2. The first-order chi connectivity index (χ1) is 8.95. The molecule has 1 aliphatic rings. The van der Waals surface area contributed by atoms with Crippen molar-refractivity contribution in [3.8, 4) is 0 Å². The van der Waals surface area contributed by atoms with Gasteiger partial charge in [-0.05, 0) is 25.0 Å². The average Bonchev–Trinajstić information content (AvgIpc) is 2.38. The lowest BCUT2D eigenvalue weighted by Crippen LogP contribution is -2.42. The SMILES string of the molecule is CCC(=O)C1=CC(C)(N)C(c2ccccc2C)C=C1. The maximum atomic E-state index is 11.8. The van der Waals surface area contributed by atoms with Crippen LogP contribution in [0.25, 0.3) is 0 Å². The molecule has 2 nitrogen and oxygen atoms in total. The maximum absolute atomic E-state index is 11.8. The van der Waals surface area contributed by atoms with Gasteiger partial charge in [-0.3, -0.25) is 4.79 Å². The lowest BCUT2D eigenvalue weighted by molar-refractivity contribution is -0.115. The molecule has 0 bridgehead atoms. The molecule has 100 valence electrons. The molecule has 19 heavy (non-hydrogen) atoms. The molecule has 0 heterocycles. The lowest BCUT2D eigenvalue weighted by Gasteiger charge is -2.34. The second kappa shape index (κ2) is 5.14. The largest absolute Gasteiger partial charge is 0.321 e. The summed E-state index contributed by atoms with van der Waals surface area (Å²) in [7, 11) is 0. The minimum absolute atomic E-state index is 0.113. The Hall–Kier alpha value is -1.67. The highest BCUT2D eigenvalue weighted by molar-refractivity contribution is 5.98. The molecule has 2 rings (SSSR count). The summed E-state index contributed by atoms with van der Waals surface area (Å²) in [5.41, 5.74) is 9.09. The molecule has 2 heteroatoms. The summed E-state index contributed by atoms with van der Waals surface area (Å²) in [5, 5.41) is 0. The van der Waals surface area contributed by atoms with Crippen molar-refractivity contribution in [2.45, 2.75) is 38.6 Å². The highest BCUT2D eigenvalue weighted by Crippen LogP contribution is 2.35. The number of nitrogens with two attached hydrogens (primary N) is 1. The third kappa shape index (κ3) is 2.69. The molecule has 2 N–H and O–H groups in total. The molecule has 0 spiro atoms. The fourth-order valence-electron chi connectivity index (χ4n) is 2.63. The lowest BCUT2D eigenvalue weighted by atomic mass is 9.75. The van der Waals surface area contributed by atoms with Crippen LogP contribution in [0.2, 0.25) is 0 Å². The van der Waals surface area contributed by atoms with Gasteiger partial charge in [0.15, 0.2) is 5.78 Å². The molecule has 1 aromatic carbocycles. The third-order valence-electron chi connectivity index (χ3n) is 3.77. The Morgan fingerprint density at radius 3 is 2.63 bits per heavy atom. The van der Waals surface area contributed by atoms with E-state index in [-0.39, 0.29) is 11.7 Å². The van der Waals surface area contributed by atoms with Crippen LogP contribution >= 0.6 is 0 Å². The van der Waals surface area contributed by atoms with E-state index in [1.54, 1.807) is 0 Å². The van der Waals surface area contributed by atoms with Gasteiger partial charge in [-0.2, -0.15) is 0 Å². The second-order valence-corrected chi connectivity index (χ2v) is 5.44. The van der Waals surface area contributed by atoms with Gasteiger partial charge in [-0.25, -0.2) is 0 Å². The standard InChI is InChI=1S/C17H21NO/c1-4-16(19)13-9-10-15(17(3,18)11-13)14-8-6-5-7-12(14)2/h5-11,15H,4,18H2,1-3H3. The summed E-state index contributed by atoms with van der Waals surface area (Å²) >= 11 is 0. The quantitative estimate of drug-likeness (QED) is 0.900. The number of benzene rings is 1. The van der Waals surface area contributed by atoms with Crippen LogP contribution < -0.4 is 5.73 Å². The van der Waals surface area contributed by atoms with E-state index in [0.29, 0.717) is 6.42 Å². The van der Waals surface area contributed by atoms with Crippen LogP contribution in [0, 0.1) is 6.92 Å². The Labute approximate surface area is 115 Å². The number of ketones is 1. The van der Waals surface area contributed by atoms with Crippen LogP contribution in [0.1, 0.15) is 37.3 Å². The van der Waals surface area contributed by atoms with Gasteiger partial charge in [-0.15, -0.1) is 0 Å². The van der Waals surface area contributed by atoms with Crippen LogP contribution in [0.15, 0.2) is 48.1 Å². The van der Waals surface area contributed by atoms with Gasteiger partial charge in [0.25, 0.3) is 0 Å². The number of carbonyl (C=O) groups excluding carboxylic acids is 1. The zero-order valence-electron chi connectivity index (χ0n) is 11.8. The van der Waals surface area contributed by atoms with Gasteiger partial charge < -0.3 is 5.73 Å². The zero-order valence-corrected chi connectivity index (χ0v) is 11.8. The van der Waals surface area contributed by atoms with E-state index in [4.69, 9.17) is 5.73 Å². The Balaban J connectivity index is 2.38. The van der Waals surface area contributed by atoms with Crippen molar-refractivity contribution in [1.82, 2.24) is 0 Å². The van der Waals surface area contributed by atoms with Crippen molar-refractivity contribution in [2.75, 3.05) is 0 Å². The van der Waals surface area contributed by atoms with Crippen molar-refractivity contribution in [3.63, 3.8) is 0 Å². The van der Waals surface area contributed by atoms with Gasteiger partial charge in [-0.1, -0.05) is 49.4 Å². The molecule has 0 aliphatic heterocycles. The smallest absolute Gasteiger partial charge is 0.162 e. The average molecular weight is 255 g/mol. The van der Waals surface area contributed by atoms with E-state index in [2.05, 4.69) is 25.1 Å². The van der Waals surface area contributed by atoms with Crippen LogP contribution in [-0.2, 0) is 4.79 Å². The Morgan fingerprint density at radius 1 is 1.37 bits per heavy atom. The summed E-state index contributed by atoms with van der Waals surface area (Å²) in [5.74, 6) is 0.262. The van der Waals surface area contributed by atoms with E-state index >= 15 is 0 Å². The number of rotatable bonds is 3. The molecule has 1 aliphatic carbocycles. The van der Waals surface area contributed by atoms with E-state index in [1.165, 1.54) is 11.1 Å². The minimum atomic E-state index is -0.527. The van der Waals surface area contributed by atoms with E-state index in [1.807, 2.05) is 38.1 Å². The summed E-state index contributed by atoms with van der Waals surface area (Å²) < 4.78 is 0. The van der Waals surface area contributed by atoms with Gasteiger partial charge >= 0.3 is 0 Å². The topological polar surface area (TPSA) is 43.1 Å². The van der Waals surface area contributed by atoms with Crippen LogP contribution in [0.4, 0.5) is 0 Å². The third-order valence-corrected chi connectivity index (χ3v) is 3.77. The predicted molar refractivity (Wildman–Crippen MR) is 79.0 cm³/mol. The van der Waals surface area contributed by atoms with E-state index in [9.17, 15) is 4.79 Å². The molecule has 2 atom stereocenters. The zero-order chi connectivity index (χ0) is 14.0. The number of hydrogen-bond donors (Lipinski definition) is 1. The molecule has 0 fully saturated rings. The second-order valence-electron chi connectivity index (χ2n) is 5.44. The van der Waals surface area contributed by atoms with Gasteiger partial charge in [0, 0.05) is 23.5 Å². The Morgan fingerprint density at radius 2 is 2.05 bits per heavy atom. The molecule has 1 aromatic rings. The first kappa shape index (κ1) is 13.8. The molecule has 0 saturated carbocycles. The summed E-state index contributed by atoms with van der Waals surface area (Å²) in [6, 6.07) is 8.26. The highest BCUT2D eigenvalue weighted by atomic mass is 16.1. The Bertz CT molecular complexity index is 552. The van der Waals surface area contributed by atoms with Crippen molar-refractivity contribution >= 4 is 5.78 Å². The van der Waals surface area contributed by atoms with Crippen LogP contribution in [-0.4, -0.2) is 11.3 Å². The number of carbonyl (C=O) groups is 1. The minimum Gasteiger partial charge on any atom is -0.321 e. The molecule has 0 amide bonds.